The number of ether oxygens (including phenoxy) is 1. The molecule has 6 heteroatoms. The number of benzene rings is 2. The quantitative estimate of drug-likeness (QED) is 0.917. The minimum Gasteiger partial charge on any atom is -0.492 e. The second-order valence-electron chi connectivity index (χ2n) is 5.49. The molecule has 5 nitrogen and oxygen atoms in total. The second kappa shape index (κ2) is 6.70. The lowest BCUT2D eigenvalue weighted by atomic mass is 10.1. The highest BCUT2D eigenvalue weighted by molar-refractivity contribution is 6.06. The molecule has 2 amide bonds. The summed E-state index contributed by atoms with van der Waals surface area (Å²) in [5.74, 6) is -0.366. The zero-order valence-corrected chi connectivity index (χ0v) is 13.2. The number of fused-ring (bicyclic) bond motifs is 1. The van der Waals surface area contributed by atoms with E-state index in [0.29, 0.717) is 30.2 Å². The topological polar surface area (TPSA) is 58.6 Å². The van der Waals surface area contributed by atoms with Crippen molar-refractivity contribution < 1.29 is 18.7 Å². The lowest BCUT2D eigenvalue weighted by molar-refractivity contribution is -0.126. The van der Waals surface area contributed by atoms with Crippen molar-refractivity contribution in [2.24, 2.45) is 0 Å². The molecule has 0 saturated heterocycles. The molecule has 0 radical (unpaired) electrons. The Bertz CT molecular complexity index is 764. The summed E-state index contributed by atoms with van der Waals surface area (Å²) in [6, 6.07) is 12.5. The molecular weight excluding hydrogens is 311 g/mol. The van der Waals surface area contributed by atoms with Crippen LogP contribution >= 0.6 is 0 Å². The summed E-state index contributed by atoms with van der Waals surface area (Å²) in [5.41, 5.74) is 1.06. The molecular formula is C18H17FN2O3. The molecule has 2 aromatic rings. The van der Waals surface area contributed by atoms with Crippen LogP contribution in [-0.2, 0) is 9.59 Å². The first-order chi connectivity index (χ1) is 11.6. The Labute approximate surface area is 139 Å². The maximum Gasteiger partial charge on any atom is 0.254 e. The Hall–Kier alpha value is -2.89. The smallest absolute Gasteiger partial charge is 0.254 e. The fraction of sp³-hybridized carbons (Fsp3) is 0.222. The van der Waals surface area contributed by atoms with E-state index in [9.17, 15) is 14.0 Å². The Kier molecular flexibility index (Phi) is 4.46. The van der Waals surface area contributed by atoms with Gasteiger partial charge in [0.15, 0.2) is 0 Å². The minimum atomic E-state index is -0.857. The Balaban J connectivity index is 1.76. The molecule has 0 spiro atoms. The van der Waals surface area contributed by atoms with Gasteiger partial charge in [-0.15, -0.1) is 0 Å². The predicted octanol–water partition coefficient (Wildman–Crippen LogP) is 2.43. The van der Waals surface area contributed by atoms with Crippen molar-refractivity contribution in [3.63, 3.8) is 0 Å². The van der Waals surface area contributed by atoms with Crippen LogP contribution in [0.2, 0.25) is 0 Å². The van der Waals surface area contributed by atoms with Crippen LogP contribution in [0.5, 0.6) is 5.75 Å². The van der Waals surface area contributed by atoms with E-state index in [1.807, 2.05) is 30.3 Å². The van der Waals surface area contributed by atoms with E-state index in [0.717, 1.165) is 0 Å². The van der Waals surface area contributed by atoms with Gasteiger partial charge in [-0.2, -0.15) is 0 Å². The number of hydrogen-bond donors (Lipinski definition) is 1. The van der Waals surface area contributed by atoms with E-state index in [4.69, 9.17) is 4.74 Å². The first-order valence-electron chi connectivity index (χ1n) is 7.62. The van der Waals surface area contributed by atoms with Crippen LogP contribution in [0, 0.1) is 5.82 Å². The normalized spacial score (nSPS) is 16.0. The molecule has 1 atom stereocenters. The SMILES string of the molecule is CC(=O)N[C@H]1C(=O)N(CCOc2ccccc2)c2ccc(F)cc21. The lowest BCUT2D eigenvalue weighted by Crippen LogP contribution is -2.38. The molecule has 2 aromatic carbocycles. The van der Waals surface area contributed by atoms with Gasteiger partial charge in [-0.1, -0.05) is 18.2 Å². The molecule has 1 N–H and O–H groups in total. The molecule has 24 heavy (non-hydrogen) atoms. The maximum absolute atomic E-state index is 13.5. The van der Waals surface area contributed by atoms with Crippen LogP contribution < -0.4 is 15.0 Å². The van der Waals surface area contributed by atoms with Gasteiger partial charge in [0, 0.05) is 18.2 Å². The van der Waals surface area contributed by atoms with E-state index in [1.54, 1.807) is 6.07 Å². The molecule has 1 aliphatic heterocycles. The van der Waals surface area contributed by atoms with Gasteiger partial charge < -0.3 is 15.0 Å². The summed E-state index contributed by atoms with van der Waals surface area (Å²) in [6.07, 6.45) is 0. The summed E-state index contributed by atoms with van der Waals surface area (Å²) < 4.78 is 19.1. The van der Waals surface area contributed by atoms with Crippen LogP contribution in [0.4, 0.5) is 10.1 Å². The van der Waals surface area contributed by atoms with Gasteiger partial charge >= 0.3 is 0 Å². The predicted molar refractivity (Wildman–Crippen MR) is 87.2 cm³/mol. The van der Waals surface area contributed by atoms with Crippen LogP contribution in [0.3, 0.4) is 0 Å². The number of carbonyl (C=O) groups excluding carboxylic acids is 2. The number of para-hydroxylation sites is 1. The van der Waals surface area contributed by atoms with Crippen LogP contribution in [0.25, 0.3) is 0 Å². The van der Waals surface area contributed by atoms with E-state index in [2.05, 4.69) is 5.32 Å². The number of nitrogens with zero attached hydrogens (tertiary/aromatic N) is 1. The number of carbonyl (C=O) groups is 2. The van der Waals surface area contributed by atoms with E-state index in [1.165, 1.54) is 24.0 Å². The van der Waals surface area contributed by atoms with Crippen molar-refractivity contribution in [2.75, 3.05) is 18.1 Å². The van der Waals surface area contributed by atoms with Gasteiger partial charge in [0.2, 0.25) is 5.91 Å². The highest BCUT2D eigenvalue weighted by atomic mass is 19.1. The molecule has 0 unspecified atom stereocenters. The number of hydrogen-bond acceptors (Lipinski definition) is 3. The molecule has 0 fully saturated rings. The minimum absolute atomic E-state index is 0.289. The van der Waals surface area contributed by atoms with Crippen molar-refractivity contribution in [3.05, 3.63) is 59.9 Å². The summed E-state index contributed by atoms with van der Waals surface area (Å²) in [5, 5.41) is 2.58. The standard InChI is InChI=1S/C18H17FN2O3/c1-12(22)20-17-15-11-13(19)7-8-16(15)21(18(17)23)9-10-24-14-5-3-2-4-6-14/h2-8,11,17H,9-10H2,1H3,(H,20,22)/t17-/m1/s1. The Morgan fingerprint density at radius 3 is 2.71 bits per heavy atom. The molecule has 0 aliphatic carbocycles. The zero-order chi connectivity index (χ0) is 17.1. The van der Waals surface area contributed by atoms with Crippen LogP contribution in [0.1, 0.15) is 18.5 Å². The first-order valence-corrected chi connectivity index (χ1v) is 7.62. The van der Waals surface area contributed by atoms with Gasteiger partial charge in [-0.05, 0) is 30.3 Å². The lowest BCUT2D eigenvalue weighted by Gasteiger charge is -2.18. The van der Waals surface area contributed by atoms with Crippen LogP contribution in [0.15, 0.2) is 48.5 Å². The third kappa shape index (κ3) is 3.22. The van der Waals surface area contributed by atoms with Crippen molar-refractivity contribution in [1.29, 1.82) is 0 Å². The fourth-order valence-electron chi connectivity index (χ4n) is 2.75. The summed E-state index contributed by atoms with van der Waals surface area (Å²) >= 11 is 0. The molecule has 0 saturated carbocycles. The molecule has 0 aromatic heterocycles. The highest BCUT2D eigenvalue weighted by Gasteiger charge is 2.37. The monoisotopic (exact) mass is 328 g/mol. The van der Waals surface area contributed by atoms with Crippen LogP contribution in [-0.4, -0.2) is 25.0 Å². The summed E-state index contributed by atoms with van der Waals surface area (Å²) in [6.45, 7) is 1.93. The average molecular weight is 328 g/mol. The van der Waals surface area contributed by atoms with Gasteiger partial charge in [-0.3, -0.25) is 9.59 Å². The van der Waals surface area contributed by atoms with Gasteiger partial charge in [0.1, 0.15) is 24.2 Å². The van der Waals surface area contributed by atoms with Gasteiger partial charge in [0.25, 0.3) is 5.91 Å². The third-order valence-corrected chi connectivity index (χ3v) is 3.78. The van der Waals surface area contributed by atoms with Crippen molar-refractivity contribution in [2.45, 2.75) is 13.0 Å². The Morgan fingerprint density at radius 1 is 1.25 bits per heavy atom. The summed E-state index contributed by atoms with van der Waals surface area (Å²) in [4.78, 5) is 25.4. The molecule has 0 bridgehead atoms. The largest absolute Gasteiger partial charge is 0.492 e. The molecule has 3 rings (SSSR count). The summed E-state index contributed by atoms with van der Waals surface area (Å²) in [7, 11) is 0. The third-order valence-electron chi connectivity index (χ3n) is 3.78. The average Bonchev–Trinajstić information content (AvgIpc) is 2.80. The molecule has 1 heterocycles. The van der Waals surface area contributed by atoms with Crippen molar-refractivity contribution in [1.82, 2.24) is 5.32 Å². The number of anilines is 1. The first kappa shape index (κ1) is 16.0. The van der Waals surface area contributed by atoms with Gasteiger partial charge in [-0.25, -0.2) is 4.39 Å². The zero-order valence-electron chi connectivity index (χ0n) is 13.2. The molecule has 124 valence electrons. The van der Waals surface area contributed by atoms with E-state index >= 15 is 0 Å². The van der Waals surface area contributed by atoms with E-state index < -0.39 is 11.9 Å². The van der Waals surface area contributed by atoms with Gasteiger partial charge in [0.05, 0.1) is 6.54 Å². The molecule has 1 aliphatic rings. The highest BCUT2D eigenvalue weighted by Crippen LogP contribution is 2.36. The number of nitrogens with one attached hydrogen (secondary N) is 1. The maximum atomic E-state index is 13.5. The number of amides is 2. The Morgan fingerprint density at radius 2 is 2.00 bits per heavy atom. The van der Waals surface area contributed by atoms with E-state index in [-0.39, 0.29) is 11.8 Å². The number of halogens is 1. The van der Waals surface area contributed by atoms with Crippen molar-refractivity contribution >= 4 is 17.5 Å². The fourth-order valence-corrected chi connectivity index (χ4v) is 2.75. The second-order valence-corrected chi connectivity index (χ2v) is 5.49. The number of rotatable bonds is 5. The van der Waals surface area contributed by atoms with Crippen molar-refractivity contribution in [3.8, 4) is 5.75 Å².